The van der Waals surface area contributed by atoms with Crippen molar-refractivity contribution in [2.24, 2.45) is 0 Å². The van der Waals surface area contributed by atoms with E-state index in [1.807, 2.05) is 87.5 Å². The van der Waals surface area contributed by atoms with Gasteiger partial charge in [0.2, 0.25) is 5.91 Å². The van der Waals surface area contributed by atoms with E-state index >= 15 is 0 Å². The average Bonchev–Trinajstić information content (AvgIpc) is 3.32. The molecule has 2 amide bonds. The molecule has 4 rings (SSSR count). The molecular weight excluding hydrogens is 452 g/mol. The largest absolute Gasteiger partial charge is 0.497 e. The minimum absolute atomic E-state index is 0.0931. The predicted octanol–water partition coefficient (Wildman–Crippen LogP) is 5.18. The number of anilines is 1. The fraction of sp³-hybridized carbons (Fsp3) is 0.207. The Morgan fingerprint density at radius 3 is 2.22 bits per heavy atom. The lowest BCUT2D eigenvalue weighted by atomic mass is 10.1. The van der Waals surface area contributed by atoms with Gasteiger partial charge in [-0.25, -0.2) is 4.68 Å². The zero-order valence-electron chi connectivity index (χ0n) is 21.2. The number of carbonyl (C=O) groups excluding carboxylic acids is 2. The highest BCUT2D eigenvalue weighted by atomic mass is 16.5. The third-order valence-electron chi connectivity index (χ3n) is 6.00. The Morgan fingerprint density at radius 1 is 0.972 bits per heavy atom. The number of rotatable bonds is 7. The first-order chi connectivity index (χ1) is 17.3. The molecule has 0 atom stereocenters. The molecule has 1 N–H and O–H groups in total. The number of carbonyl (C=O) groups is 2. The molecule has 0 aliphatic rings. The maximum atomic E-state index is 13.5. The number of amides is 2. The molecule has 7 heteroatoms. The molecule has 7 nitrogen and oxygen atoms in total. The molecule has 1 aromatic heterocycles. The number of aryl methyl sites for hydroxylation is 3. The molecule has 0 fully saturated rings. The van der Waals surface area contributed by atoms with E-state index in [0.29, 0.717) is 17.0 Å². The third-order valence-corrected chi connectivity index (χ3v) is 6.00. The molecule has 1 heterocycles. The van der Waals surface area contributed by atoms with E-state index in [-0.39, 0.29) is 18.4 Å². The summed E-state index contributed by atoms with van der Waals surface area (Å²) >= 11 is 0. The molecule has 0 saturated heterocycles. The van der Waals surface area contributed by atoms with E-state index in [2.05, 4.69) is 5.32 Å². The van der Waals surface area contributed by atoms with Crippen molar-refractivity contribution in [3.63, 3.8) is 0 Å². The number of ether oxygens (including phenoxy) is 1. The first-order valence-corrected chi connectivity index (χ1v) is 11.7. The van der Waals surface area contributed by atoms with Crippen molar-refractivity contribution >= 4 is 17.5 Å². The molecule has 184 valence electrons. The van der Waals surface area contributed by atoms with Gasteiger partial charge in [-0.15, -0.1) is 0 Å². The quantitative estimate of drug-likeness (QED) is 0.394. The molecule has 0 saturated carbocycles. The average molecular weight is 483 g/mol. The van der Waals surface area contributed by atoms with Gasteiger partial charge in [0.1, 0.15) is 11.4 Å². The molecule has 0 unspecified atom stereocenters. The van der Waals surface area contributed by atoms with E-state index in [4.69, 9.17) is 9.84 Å². The molecule has 0 aliphatic heterocycles. The van der Waals surface area contributed by atoms with Gasteiger partial charge >= 0.3 is 0 Å². The van der Waals surface area contributed by atoms with E-state index < -0.39 is 0 Å². The second-order valence-corrected chi connectivity index (χ2v) is 8.88. The first-order valence-electron chi connectivity index (χ1n) is 11.7. The van der Waals surface area contributed by atoms with Crippen LogP contribution in [0.1, 0.15) is 27.0 Å². The Kier molecular flexibility index (Phi) is 7.20. The maximum Gasteiger partial charge on any atom is 0.257 e. The van der Waals surface area contributed by atoms with Crippen LogP contribution in [0.2, 0.25) is 0 Å². The van der Waals surface area contributed by atoms with Gasteiger partial charge in [-0.2, -0.15) is 5.10 Å². The topological polar surface area (TPSA) is 76.5 Å². The SMILES string of the molecule is COc1ccc(-c2nn(-c3ccccc3)cc2C(=O)N(C)CC(=O)Nc2c(C)cc(C)cc2C)cc1. The minimum atomic E-state index is -0.296. The van der Waals surface area contributed by atoms with E-state index in [0.717, 1.165) is 33.6 Å². The lowest BCUT2D eigenvalue weighted by molar-refractivity contribution is -0.116. The Balaban J connectivity index is 1.61. The fourth-order valence-corrected chi connectivity index (χ4v) is 4.25. The summed E-state index contributed by atoms with van der Waals surface area (Å²) in [4.78, 5) is 27.8. The number of likely N-dealkylation sites (N-methyl/N-ethyl adjacent to an activating group) is 1. The Hall–Kier alpha value is -4.39. The summed E-state index contributed by atoms with van der Waals surface area (Å²) in [6.45, 7) is 5.85. The summed E-state index contributed by atoms with van der Waals surface area (Å²) in [6, 6.07) is 21.0. The highest BCUT2D eigenvalue weighted by molar-refractivity contribution is 6.03. The molecule has 4 aromatic rings. The molecular formula is C29H30N4O3. The van der Waals surface area contributed by atoms with Gasteiger partial charge in [0.15, 0.2) is 0 Å². The van der Waals surface area contributed by atoms with Crippen molar-refractivity contribution in [3.8, 4) is 22.7 Å². The summed E-state index contributed by atoms with van der Waals surface area (Å²) < 4.78 is 6.95. The zero-order chi connectivity index (χ0) is 25.8. The summed E-state index contributed by atoms with van der Waals surface area (Å²) in [5.74, 6) is 0.155. The lowest BCUT2D eigenvalue weighted by Gasteiger charge is -2.18. The highest BCUT2D eigenvalue weighted by Crippen LogP contribution is 2.27. The third kappa shape index (κ3) is 5.30. The minimum Gasteiger partial charge on any atom is -0.497 e. The van der Waals surface area contributed by atoms with Crippen LogP contribution in [-0.4, -0.2) is 47.2 Å². The zero-order valence-corrected chi connectivity index (χ0v) is 21.2. The van der Waals surface area contributed by atoms with Crippen LogP contribution in [0, 0.1) is 20.8 Å². The lowest BCUT2D eigenvalue weighted by Crippen LogP contribution is -2.35. The maximum absolute atomic E-state index is 13.5. The van der Waals surface area contributed by atoms with Crippen molar-refractivity contribution in [3.05, 3.63) is 95.2 Å². The van der Waals surface area contributed by atoms with Gasteiger partial charge in [0.05, 0.1) is 24.9 Å². The number of benzene rings is 3. The normalized spacial score (nSPS) is 10.7. The van der Waals surface area contributed by atoms with Gasteiger partial charge in [-0.05, 0) is 68.3 Å². The number of aromatic nitrogens is 2. The van der Waals surface area contributed by atoms with E-state index in [1.54, 1.807) is 25.0 Å². The van der Waals surface area contributed by atoms with Gasteiger partial charge in [-0.3, -0.25) is 9.59 Å². The van der Waals surface area contributed by atoms with Crippen molar-refractivity contribution < 1.29 is 14.3 Å². The van der Waals surface area contributed by atoms with Crippen LogP contribution in [0.15, 0.2) is 72.9 Å². The second-order valence-electron chi connectivity index (χ2n) is 8.88. The van der Waals surface area contributed by atoms with Crippen LogP contribution in [0.5, 0.6) is 5.75 Å². The van der Waals surface area contributed by atoms with Gasteiger partial charge < -0.3 is 15.0 Å². The van der Waals surface area contributed by atoms with Crippen molar-refractivity contribution in [1.29, 1.82) is 0 Å². The summed E-state index contributed by atoms with van der Waals surface area (Å²) in [7, 11) is 3.22. The number of nitrogens with one attached hydrogen (secondary N) is 1. The Labute approximate surface area is 211 Å². The fourth-order valence-electron chi connectivity index (χ4n) is 4.25. The van der Waals surface area contributed by atoms with Crippen LogP contribution in [0.25, 0.3) is 16.9 Å². The Morgan fingerprint density at radius 2 is 1.61 bits per heavy atom. The van der Waals surface area contributed by atoms with Crippen LogP contribution in [-0.2, 0) is 4.79 Å². The highest BCUT2D eigenvalue weighted by Gasteiger charge is 2.23. The van der Waals surface area contributed by atoms with Crippen LogP contribution in [0.4, 0.5) is 5.69 Å². The standard InChI is InChI=1S/C29H30N4O3/c1-19-15-20(2)27(21(3)16-19)30-26(34)18-32(4)29(35)25-17-33(23-9-7-6-8-10-23)31-28(25)22-11-13-24(36-5)14-12-22/h6-17H,18H2,1-5H3,(H,30,34). The summed E-state index contributed by atoms with van der Waals surface area (Å²) in [6.07, 6.45) is 1.71. The van der Waals surface area contributed by atoms with Crippen molar-refractivity contribution in [2.75, 3.05) is 26.0 Å². The number of hydrogen-bond donors (Lipinski definition) is 1. The number of methoxy groups -OCH3 is 1. The van der Waals surface area contributed by atoms with Crippen LogP contribution < -0.4 is 10.1 Å². The smallest absolute Gasteiger partial charge is 0.257 e. The van der Waals surface area contributed by atoms with Crippen LogP contribution in [0.3, 0.4) is 0 Å². The number of para-hydroxylation sites is 1. The number of hydrogen-bond acceptors (Lipinski definition) is 4. The molecule has 0 radical (unpaired) electrons. The molecule has 0 bridgehead atoms. The van der Waals surface area contributed by atoms with Gasteiger partial charge in [0.25, 0.3) is 5.91 Å². The molecule has 0 spiro atoms. The summed E-state index contributed by atoms with van der Waals surface area (Å²) in [5, 5.41) is 7.68. The van der Waals surface area contributed by atoms with E-state index in [9.17, 15) is 9.59 Å². The van der Waals surface area contributed by atoms with Gasteiger partial charge in [-0.1, -0.05) is 35.9 Å². The summed E-state index contributed by atoms with van der Waals surface area (Å²) in [5.41, 5.74) is 6.43. The monoisotopic (exact) mass is 482 g/mol. The first kappa shape index (κ1) is 24.7. The molecule has 36 heavy (non-hydrogen) atoms. The second kappa shape index (κ2) is 10.5. The number of nitrogens with zero attached hydrogens (tertiary/aromatic N) is 3. The Bertz CT molecular complexity index is 1370. The predicted molar refractivity (Wildman–Crippen MR) is 142 cm³/mol. The van der Waals surface area contributed by atoms with Crippen LogP contribution >= 0.6 is 0 Å². The molecule has 3 aromatic carbocycles. The van der Waals surface area contributed by atoms with Crippen molar-refractivity contribution in [2.45, 2.75) is 20.8 Å². The van der Waals surface area contributed by atoms with E-state index in [1.165, 1.54) is 4.90 Å². The van der Waals surface area contributed by atoms with Crippen molar-refractivity contribution in [1.82, 2.24) is 14.7 Å². The van der Waals surface area contributed by atoms with Gasteiger partial charge in [0, 0.05) is 24.5 Å². The molecule has 0 aliphatic carbocycles.